The Morgan fingerprint density at radius 2 is 1.89 bits per heavy atom. The zero-order chi connectivity index (χ0) is 13.2. The van der Waals surface area contributed by atoms with Gasteiger partial charge in [-0.15, -0.1) is 0 Å². The molecule has 2 aromatic rings. The first kappa shape index (κ1) is 12.5. The van der Waals surface area contributed by atoms with E-state index in [0.717, 1.165) is 29.3 Å². The summed E-state index contributed by atoms with van der Waals surface area (Å²) in [7, 11) is 1.72. The van der Waals surface area contributed by atoms with Crippen LogP contribution in [0.5, 0.6) is 5.75 Å². The van der Waals surface area contributed by atoms with Gasteiger partial charge in [-0.2, -0.15) is 0 Å². The van der Waals surface area contributed by atoms with E-state index in [1.807, 2.05) is 30.3 Å². The summed E-state index contributed by atoms with van der Waals surface area (Å²) in [4.78, 5) is 0. The lowest BCUT2D eigenvalue weighted by Gasteiger charge is -2.29. The van der Waals surface area contributed by atoms with E-state index >= 15 is 0 Å². The van der Waals surface area contributed by atoms with E-state index in [9.17, 15) is 0 Å². The van der Waals surface area contributed by atoms with Gasteiger partial charge in [-0.05, 0) is 29.7 Å². The number of nitrogens with one attached hydrogen (secondary N) is 1. The van der Waals surface area contributed by atoms with Crippen LogP contribution in [0, 0.1) is 0 Å². The van der Waals surface area contributed by atoms with Crippen LogP contribution in [0.15, 0.2) is 42.5 Å². The van der Waals surface area contributed by atoms with Gasteiger partial charge in [0, 0.05) is 17.1 Å². The maximum Gasteiger partial charge on any atom is 0.122 e. The lowest BCUT2D eigenvalue weighted by atomic mass is 9.89. The molecular formula is C16H16ClNO. The van der Waals surface area contributed by atoms with E-state index in [-0.39, 0.29) is 6.04 Å². The zero-order valence-electron chi connectivity index (χ0n) is 10.8. The minimum atomic E-state index is 0.146. The third-order valence-corrected chi connectivity index (χ3v) is 3.98. The molecule has 0 aromatic heterocycles. The SMILES string of the molecule is COc1cccc2c1CCNC2c1ccccc1Cl. The predicted molar refractivity (Wildman–Crippen MR) is 78.0 cm³/mol. The molecule has 19 heavy (non-hydrogen) atoms. The summed E-state index contributed by atoms with van der Waals surface area (Å²) in [5.74, 6) is 0.969. The van der Waals surface area contributed by atoms with Gasteiger partial charge in [0.2, 0.25) is 0 Å². The molecule has 0 bridgehead atoms. The Balaban J connectivity index is 2.11. The molecule has 0 amide bonds. The first-order valence-corrected chi connectivity index (χ1v) is 6.82. The smallest absolute Gasteiger partial charge is 0.122 e. The van der Waals surface area contributed by atoms with Crippen molar-refractivity contribution in [1.82, 2.24) is 5.32 Å². The van der Waals surface area contributed by atoms with E-state index < -0.39 is 0 Å². The van der Waals surface area contributed by atoms with Crippen LogP contribution in [0.25, 0.3) is 0 Å². The molecule has 3 heteroatoms. The largest absolute Gasteiger partial charge is 0.496 e. The van der Waals surface area contributed by atoms with Crippen LogP contribution in [0.1, 0.15) is 22.7 Å². The van der Waals surface area contributed by atoms with E-state index in [2.05, 4.69) is 17.4 Å². The van der Waals surface area contributed by atoms with Crippen molar-refractivity contribution in [2.45, 2.75) is 12.5 Å². The number of hydrogen-bond acceptors (Lipinski definition) is 2. The molecule has 1 N–H and O–H groups in total. The topological polar surface area (TPSA) is 21.3 Å². The van der Waals surface area contributed by atoms with Gasteiger partial charge in [0.1, 0.15) is 5.75 Å². The molecule has 1 heterocycles. The number of rotatable bonds is 2. The minimum absolute atomic E-state index is 0.146. The molecule has 3 rings (SSSR count). The second-order valence-corrected chi connectivity index (χ2v) is 5.09. The summed E-state index contributed by atoms with van der Waals surface area (Å²) in [5.41, 5.74) is 3.67. The van der Waals surface area contributed by atoms with Crippen molar-refractivity contribution in [1.29, 1.82) is 0 Å². The van der Waals surface area contributed by atoms with Crippen molar-refractivity contribution in [2.75, 3.05) is 13.7 Å². The number of ether oxygens (including phenoxy) is 1. The Morgan fingerprint density at radius 1 is 1.11 bits per heavy atom. The molecule has 1 aliphatic rings. The Bertz CT molecular complexity index is 597. The average molecular weight is 274 g/mol. The normalized spacial score (nSPS) is 17.9. The molecule has 2 nitrogen and oxygen atoms in total. The van der Waals surface area contributed by atoms with Crippen LogP contribution >= 0.6 is 11.6 Å². The highest BCUT2D eigenvalue weighted by Gasteiger charge is 2.24. The van der Waals surface area contributed by atoms with Crippen LogP contribution in [-0.4, -0.2) is 13.7 Å². The lowest BCUT2D eigenvalue weighted by Crippen LogP contribution is -2.31. The average Bonchev–Trinajstić information content (AvgIpc) is 2.46. The van der Waals surface area contributed by atoms with Crippen molar-refractivity contribution in [3.8, 4) is 5.75 Å². The van der Waals surface area contributed by atoms with Gasteiger partial charge in [0.25, 0.3) is 0 Å². The highest BCUT2D eigenvalue weighted by molar-refractivity contribution is 6.31. The monoisotopic (exact) mass is 273 g/mol. The molecule has 1 atom stereocenters. The zero-order valence-corrected chi connectivity index (χ0v) is 11.6. The van der Waals surface area contributed by atoms with Gasteiger partial charge in [-0.1, -0.05) is 41.9 Å². The van der Waals surface area contributed by atoms with Gasteiger partial charge in [-0.3, -0.25) is 0 Å². The summed E-state index contributed by atoms with van der Waals surface area (Å²) in [6, 6.07) is 14.4. The molecule has 1 aliphatic heterocycles. The fourth-order valence-corrected chi connectivity index (χ4v) is 2.99. The van der Waals surface area contributed by atoms with E-state index in [4.69, 9.17) is 16.3 Å². The third kappa shape index (κ3) is 2.22. The second kappa shape index (κ2) is 5.24. The van der Waals surface area contributed by atoms with Gasteiger partial charge >= 0.3 is 0 Å². The third-order valence-electron chi connectivity index (χ3n) is 3.64. The van der Waals surface area contributed by atoms with Crippen LogP contribution in [0.2, 0.25) is 5.02 Å². The first-order valence-electron chi connectivity index (χ1n) is 6.45. The molecule has 0 spiro atoms. The summed E-state index contributed by atoms with van der Waals surface area (Å²) in [6.07, 6.45) is 0.986. The summed E-state index contributed by atoms with van der Waals surface area (Å²) < 4.78 is 5.47. The fourth-order valence-electron chi connectivity index (χ4n) is 2.75. The molecule has 1 unspecified atom stereocenters. The number of fused-ring (bicyclic) bond motifs is 1. The molecule has 2 aromatic carbocycles. The molecule has 0 saturated carbocycles. The number of methoxy groups -OCH3 is 1. The lowest BCUT2D eigenvalue weighted by molar-refractivity contribution is 0.404. The van der Waals surface area contributed by atoms with E-state index in [1.165, 1.54) is 11.1 Å². The van der Waals surface area contributed by atoms with Gasteiger partial charge in [-0.25, -0.2) is 0 Å². The standard InChI is InChI=1S/C16H16ClNO/c1-19-15-8-4-6-12-11(15)9-10-18-16(12)13-5-2-3-7-14(13)17/h2-8,16,18H,9-10H2,1H3. The summed E-state index contributed by atoms with van der Waals surface area (Å²) in [6.45, 7) is 0.934. The van der Waals surface area contributed by atoms with Crippen molar-refractivity contribution in [2.24, 2.45) is 0 Å². The first-order chi connectivity index (χ1) is 9.31. The van der Waals surface area contributed by atoms with Crippen LogP contribution < -0.4 is 10.1 Å². The number of halogens is 1. The van der Waals surface area contributed by atoms with Crippen LogP contribution in [-0.2, 0) is 6.42 Å². The summed E-state index contributed by atoms with van der Waals surface area (Å²) >= 11 is 6.33. The van der Waals surface area contributed by atoms with Gasteiger partial charge in [0.05, 0.1) is 13.2 Å². The highest BCUT2D eigenvalue weighted by Crippen LogP contribution is 2.36. The van der Waals surface area contributed by atoms with Crippen molar-refractivity contribution < 1.29 is 4.74 Å². The molecule has 0 radical (unpaired) electrons. The molecule has 0 saturated heterocycles. The quantitative estimate of drug-likeness (QED) is 0.903. The van der Waals surface area contributed by atoms with Crippen LogP contribution in [0.4, 0.5) is 0 Å². The Morgan fingerprint density at radius 3 is 2.68 bits per heavy atom. The van der Waals surface area contributed by atoms with Crippen LogP contribution in [0.3, 0.4) is 0 Å². The predicted octanol–water partition coefficient (Wildman–Crippen LogP) is 3.58. The number of benzene rings is 2. The van der Waals surface area contributed by atoms with E-state index in [0.29, 0.717) is 0 Å². The van der Waals surface area contributed by atoms with Crippen molar-refractivity contribution in [3.05, 3.63) is 64.2 Å². The van der Waals surface area contributed by atoms with Gasteiger partial charge < -0.3 is 10.1 Å². The van der Waals surface area contributed by atoms with Gasteiger partial charge in [0.15, 0.2) is 0 Å². The molecule has 98 valence electrons. The molecule has 0 aliphatic carbocycles. The summed E-state index contributed by atoms with van der Waals surface area (Å²) in [5, 5.41) is 4.35. The maximum absolute atomic E-state index is 6.33. The van der Waals surface area contributed by atoms with Crippen molar-refractivity contribution in [3.63, 3.8) is 0 Å². The Kier molecular flexibility index (Phi) is 3.45. The number of hydrogen-bond donors (Lipinski definition) is 1. The Hall–Kier alpha value is -1.51. The van der Waals surface area contributed by atoms with E-state index in [1.54, 1.807) is 7.11 Å². The Labute approximate surface area is 118 Å². The molecular weight excluding hydrogens is 258 g/mol. The van der Waals surface area contributed by atoms with Crippen molar-refractivity contribution >= 4 is 11.6 Å². The second-order valence-electron chi connectivity index (χ2n) is 4.69. The highest BCUT2D eigenvalue weighted by atomic mass is 35.5. The maximum atomic E-state index is 6.33. The fraction of sp³-hybridized carbons (Fsp3) is 0.250. The minimum Gasteiger partial charge on any atom is -0.496 e. The molecule has 0 fully saturated rings.